The maximum absolute atomic E-state index is 14.6. The first-order valence-electron chi connectivity index (χ1n) is 13.0. The average molecular weight is 644 g/mol. The van der Waals surface area contributed by atoms with Crippen molar-refractivity contribution in [2.75, 3.05) is 5.32 Å². The first-order chi connectivity index (χ1) is 21.1. The Morgan fingerprint density at radius 1 is 1.02 bits per heavy atom. The number of benzene rings is 1. The van der Waals surface area contributed by atoms with Crippen molar-refractivity contribution in [3.8, 4) is 5.75 Å². The van der Waals surface area contributed by atoms with Crippen molar-refractivity contribution in [3.05, 3.63) is 77.3 Å². The molecule has 1 atom stereocenters. The van der Waals surface area contributed by atoms with Crippen molar-refractivity contribution in [2.45, 2.75) is 57.9 Å². The van der Waals surface area contributed by atoms with E-state index in [1.165, 1.54) is 35.4 Å². The summed E-state index contributed by atoms with van der Waals surface area (Å²) in [7, 11) is 0. The summed E-state index contributed by atoms with van der Waals surface area (Å²) in [5.74, 6) is -6.25. The summed E-state index contributed by atoms with van der Waals surface area (Å²) >= 11 is 0. The second-order valence-electron chi connectivity index (χ2n) is 9.71. The largest absolute Gasteiger partial charge is 0.573 e. The van der Waals surface area contributed by atoms with Crippen molar-refractivity contribution in [2.24, 2.45) is 0 Å². The summed E-state index contributed by atoms with van der Waals surface area (Å²) < 4.78 is 98.9. The number of carbonyl (C=O) groups excluding carboxylic acids is 2. The molecular weight excluding hydrogens is 619 g/mol. The quantitative estimate of drug-likeness (QED) is 0.209. The van der Waals surface area contributed by atoms with E-state index >= 15 is 0 Å². The molecule has 0 bridgehead atoms. The van der Waals surface area contributed by atoms with E-state index in [9.17, 15) is 40.3 Å². The van der Waals surface area contributed by atoms with Crippen LogP contribution in [0.25, 0.3) is 0 Å². The molecule has 12 nitrogen and oxygen atoms in total. The van der Waals surface area contributed by atoms with Gasteiger partial charge in [0.15, 0.2) is 11.5 Å². The highest BCUT2D eigenvalue weighted by atomic mass is 19.4. The standard InChI is InChI=1S/C26H24F7N9O3/c1-25(29,30)16-4-6-34-18(10-16)11-35-24(44)21-13-41(39-37-21)7-5-17(27)12-42-14-22(38-40-42)36-23(43)9-15-8-19(2-3-20(15)28)45-26(31,32)33/h2-4,6,8,10,13-14,17H,5,7,9,11-12H2,1H3,(H,35,44)(H,36,43). The predicted octanol–water partition coefficient (Wildman–Crippen LogP) is 3.95. The Bertz CT molecular complexity index is 1640. The van der Waals surface area contributed by atoms with E-state index in [0.717, 1.165) is 29.8 Å². The first-order valence-corrected chi connectivity index (χ1v) is 13.0. The number of hydrogen-bond donors (Lipinski definition) is 2. The van der Waals surface area contributed by atoms with Crippen LogP contribution in [0.4, 0.5) is 36.6 Å². The van der Waals surface area contributed by atoms with Gasteiger partial charge in [-0.05, 0) is 30.3 Å². The maximum atomic E-state index is 14.6. The highest BCUT2D eigenvalue weighted by Crippen LogP contribution is 2.27. The number of aromatic nitrogens is 7. The van der Waals surface area contributed by atoms with Gasteiger partial charge in [-0.3, -0.25) is 19.3 Å². The van der Waals surface area contributed by atoms with E-state index in [2.05, 4.69) is 41.0 Å². The van der Waals surface area contributed by atoms with Gasteiger partial charge in [0, 0.05) is 37.2 Å². The Morgan fingerprint density at radius 2 is 1.78 bits per heavy atom. The summed E-state index contributed by atoms with van der Waals surface area (Å²) in [5, 5.41) is 19.7. The highest BCUT2D eigenvalue weighted by Gasteiger charge is 2.31. The molecule has 2 N–H and O–H groups in total. The number of pyridine rings is 1. The molecule has 0 spiro atoms. The van der Waals surface area contributed by atoms with Crippen LogP contribution in [0.15, 0.2) is 48.9 Å². The molecule has 0 saturated carbocycles. The number of amides is 2. The Kier molecular flexibility index (Phi) is 9.98. The third kappa shape index (κ3) is 9.97. The Morgan fingerprint density at radius 3 is 2.51 bits per heavy atom. The number of aryl methyl sites for hydroxylation is 1. The minimum atomic E-state index is -4.99. The van der Waals surface area contributed by atoms with Crippen LogP contribution >= 0.6 is 0 Å². The van der Waals surface area contributed by atoms with Crippen LogP contribution in [0, 0.1) is 5.82 Å². The van der Waals surface area contributed by atoms with Gasteiger partial charge >= 0.3 is 6.36 Å². The van der Waals surface area contributed by atoms with Gasteiger partial charge in [-0.2, -0.15) is 0 Å². The second-order valence-corrected chi connectivity index (χ2v) is 9.71. The zero-order valence-electron chi connectivity index (χ0n) is 23.2. The second kappa shape index (κ2) is 13.7. The molecule has 45 heavy (non-hydrogen) atoms. The van der Waals surface area contributed by atoms with E-state index in [1.54, 1.807) is 0 Å². The lowest BCUT2D eigenvalue weighted by molar-refractivity contribution is -0.274. The van der Waals surface area contributed by atoms with Gasteiger partial charge < -0.3 is 15.4 Å². The van der Waals surface area contributed by atoms with Gasteiger partial charge in [-0.1, -0.05) is 10.4 Å². The first kappa shape index (κ1) is 32.8. The van der Waals surface area contributed by atoms with E-state index < -0.39 is 48.3 Å². The minimum absolute atomic E-state index is 0.0254. The number of nitrogens with one attached hydrogen (secondary N) is 2. The maximum Gasteiger partial charge on any atom is 0.573 e. The number of ether oxygens (including phenoxy) is 1. The Hall–Kier alpha value is -5.10. The number of carbonyl (C=O) groups is 2. The monoisotopic (exact) mass is 643 g/mol. The van der Waals surface area contributed by atoms with Crippen LogP contribution in [0.3, 0.4) is 0 Å². The molecule has 0 saturated heterocycles. The van der Waals surface area contributed by atoms with Crippen LogP contribution in [0.5, 0.6) is 5.75 Å². The highest BCUT2D eigenvalue weighted by molar-refractivity contribution is 5.92. The smallest absolute Gasteiger partial charge is 0.406 e. The Labute approximate surface area is 249 Å². The molecule has 0 aliphatic heterocycles. The van der Waals surface area contributed by atoms with Crippen LogP contribution in [-0.4, -0.2) is 59.3 Å². The minimum Gasteiger partial charge on any atom is -0.406 e. The summed E-state index contributed by atoms with van der Waals surface area (Å²) in [4.78, 5) is 28.6. The number of halogens is 7. The normalized spacial score (nSPS) is 12.5. The molecule has 0 aliphatic carbocycles. The van der Waals surface area contributed by atoms with E-state index in [-0.39, 0.29) is 54.4 Å². The van der Waals surface area contributed by atoms with E-state index in [0.29, 0.717) is 0 Å². The number of anilines is 1. The molecular formula is C26H24F7N9O3. The summed E-state index contributed by atoms with van der Waals surface area (Å²) in [6, 6.07) is 4.59. The van der Waals surface area contributed by atoms with E-state index in [4.69, 9.17) is 0 Å². The average Bonchev–Trinajstić information content (AvgIpc) is 3.61. The SMILES string of the molecule is CC(F)(F)c1ccnc(CNC(=O)c2cn(CCC(F)Cn3cc(NC(=O)Cc4cc(OC(F)(F)F)ccc4F)nn3)nn2)c1. The molecule has 3 aromatic heterocycles. The fraction of sp³-hybridized carbons (Fsp3) is 0.346. The predicted molar refractivity (Wildman–Crippen MR) is 140 cm³/mol. The number of rotatable bonds is 13. The summed E-state index contributed by atoms with van der Waals surface area (Å²) in [5.41, 5.74) is -0.478. The van der Waals surface area contributed by atoms with Gasteiger partial charge in [0.25, 0.3) is 11.8 Å². The molecule has 19 heteroatoms. The van der Waals surface area contributed by atoms with Crippen molar-refractivity contribution in [1.29, 1.82) is 0 Å². The van der Waals surface area contributed by atoms with Crippen LogP contribution in [0.2, 0.25) is 0 Å². The number of alkyl halides is 6. The fourth-order valence-electron chi connectivity index (χ4n) is 3.88. The molecule has 4 rings (SSSR count). The van der Waals surface area contributed by atoms with Crippen molar-refractivity contribution < 1.29 is 45.1 Å². The number of hydrogen-bond acceptors (Lipinski definition) is 8. The Balaban J connectivity index is 1.22. The van der Waals surface area contributed by atoms with Gasteiger partial charge in [-0.25, -0.2) is 22.2 Å². The zero-order chi connectivity index (χ0) is 32.8. The fourth-order valence-corrected chi connectivity index (χ4v) is 3.88. The third-order valence-electron chi connectivity index (χ3n) is 5.99. The lowest BCUT2D eigenvalue weighted by Gasteiger charge is -2.11. The van der Waals surface area contributed by atoms with Crippen molar-refractivity contribution in [1.82, 2.24) is 40.3 Å². The van der Waals surface area contributed by atoms with Crippen molar-refractivity contribution in [3.63, 3.8) is 0 Å². The molecule has 0 aliphatic rings. The molecule has 1 unspecified atom stereocenters. The topological polar surface area (TPSA) is 142 Å². The van der Waals surface area contributed by atoms with E-state index in [1.807, 2.05) is 0 Å². The van der Waals surface area contributed by atoms with Crippen LogP contribution in [-0.2, 0) is 36.8 Å². The summed E-state index contributed by atoms with van der Waals surface area (Å²) in [6.07, 6.45) is -3.50. The van der Waals surface area contributed by atoms with Gasteiger partial charge in [0.1, 0.15) is 17.7 Å². The molecule has 2 amide bonds. The van der Waals surface area contributed by atoms with Gasteiger partial charge in [-0.15, -0.1) is 23.4 Å². The number of nitrogens with zero attached hydrogens (tertiary/aromatic N) is 7. The molecule has 3 heterocycles. The molecule has 0 fully saturated rings. The lowest BCUT2D eigenvalue weighted by atomic mass is 10.1. The molecule has 240 valence electrons. The summed E-state index contributed by atoms with van der Waals surface area (Å²) in [6.45, 7) is 0.356. The van der Waals surface area contributed by atoms with Crippen molar-refractivity contribution >= 4 is 17.6 Å². The third-order valence-corrected chi connectivity index (χ3v) is 5.99. The van der Waals surface area contributed by atoms with Gasteiger partial charge in [0.2, 0.25) is 5.91 Å². The van der Waals surface area contributed by atoms with Gasteiger partial charge in [0.05, 0.1) is 37.6 Å². The van der Waals surface area contributed by atoms with Crippen LogP contribution < -0.4 is 15.4 Å². The van der Waals surface area contributed by atoms with Crippen LogP contribution in [0.1, 0.15) is 40.7 Å². The molecule has 0 radical (unpaired) electrons. The molecule has 1 aromatic carbocycles. The zero-order valence-corrected chi connectivity index (χ0v) is 23.2. The molecule has 4 aromatic rings. The lowest BCUT2D eigenvalue weighted by Crippen LogP contribution is -2.24.